The van der Waals surface area contributed by atoms with E-state index in [0.29, 0.717) is 11.8 Å². The largest absolute Gasteiger partial charge is 0.444 e. The van der Waals surface area contributed by atoms with Crippen LogP contribution in [0.3, 0.4) is 0 Å². The minimum absolute atomic E-state index is 0.0286. The third-order valence-corrected chi connectivity index (χ3v) is 3.61. The zero-order chi connectivity index (χ0) is 16.4. The average Bonchev–Trinajstić information content (AvgIpc) is 2.28. The number of nitrogens with zero attached hydrogens (tertiary/aromatic N) is 1. The number of aliphatic imine (C=N–C) groups is 1. The van der Waals surface area contributed by atoms with Crippen molar-refractivity contribution in [2.75, 3.05) is 5.75 Å². The lowest BCUT2D eigenvalue weighted by molar-refractivity contribution is -0.105. The first kappa shape index (κ1) is 18.1. The molecular weight excluding hydrogens is 347 g/mol. The molecule has 1 nitrogen and oxygen atoms in total. The Morgan fingerprint density at radius 1 is 1.19 bits per heavy atom. The minimum atomic E-state index is -4.96. The summed E-state index contributed by atoms with van der Waals surface area (Å²) in [5, 5.41) is -1.81. The molecule has 0 heterocycles. The van der Waals surface area contributed by atoms with Gasteiger partial charge in [-0.15, -0.1) is 11.8 Å². The standard InChI is InChI=1S/C11H7ClF7NS/c1-5-2-6(13)7(20-9(12)11(17,18)19)3-8(5)21-4-10(14,15)16/h2-3H,4H2,1H3/b20-9-. The molecule has 0 atom stereocenters. The highest BCUT2D eigenvalue weighted by molar-refractivity contribution is 7.99. The van der Waals surface area contributed by atoms with Crippen LogP contribution >= 0.6 is 23.4 Å². The van der Waals surface area contributed by atoms with E-state index in [4.69, 9.17) is 11.6 Å². The second-order valence-corrected chi connectivity index (χ2v) is 5.25. The zero-order valence-electron chi connectivity index (χ0n) is 10.2. The van der Waals surface area contributed by atoms with Crippen LogP contribution < -0.4 is 0 Å². The Balaban J connectivity index is 3.12. The highest BCUT2D eigenvalue weighted by atomic mass is 35.5. The lowest BCUT2D eigenvalue weighted by atomic mass is 10.2. The van der Waals surface area contributed by atoms with E-state index in [1.165, 1.54) is 6.92 Å². The van der Waals surface area contributed by atoms with Gasteiger partial charge in [-0.25, -0.2) is 9.38 Å². The van der Waals surface area contributed by atoms with Gasteiger partial charge in [-0.3, -0.25) is 0 Å². The molecule has 0 saturated carbocycles. The number of hydrogen-bond donors (Lipinski definition) is 0. The third kappa shape index (κ3) is 5.74. The average molecular weight is 354 g/mol. The molecule has 1 aromatic rings. The second-order valence-electron chi connectivity index (χ2n) is 3.87. The van der Waals surface area contributed by atoms with Crippen molar-refractivity contribution in [2.24, 2.45) is 4.99 Å². The normalized spacial score (nSPS) is 13.7. The van der Waals surface area contributed by atoms with Crippen molar-refractivity contribution in [1.82, 2.24) is 0 Å². The molecule has 118 valence electrons. The molecule has 0 saturated heterocycles. The lowest BCUT2D eigenvalue weighted by Crippen LogP contribution is -2.16. The Kier molecular flexibility index (Phi) is 5.54. The molecule has 0 spiro atoms. The fourth-order valence-electron chi connectivity index (χ4n) is 1.21. The van der Waals surface area contributed by atoms with E-state index in [9.17, 15) is 30.7 Å². The summed E-state index contributed by atoms with van der Waals surface area (Å²) < 4.78 is 86.5. The van der Waals surface area contributed by atoms with Gasteiger partial charge in [0.15, 0.2) is 0 Å². The summed E-state index contributed by atoms with van der Waals surface area (Å²) in [5.41, 5.74) is -0.614. The number of rotatable bonds is 3. The molecule has 0 N–H and O–H groups in total. The maximum absolute atomic E-state index is 13.5. The van der Waals surface area contributed by atoms with E-state index in [0.717, 1.165) is 12.1 Å². The highest BCUT2D eigenvalue weighted by Gasteiger charge is 2.35. The third-order valence-electron chi connectivity index (χ3n) is 2.09. The molecule has 1 aromatic carbocycles. The van der Waals surface area contributed by atoms with Gasteiger partial charge in [0.1, 0.15) is 11.5 Å². The van der Waals surface area contributed by atoms with Crippen LogP contribution in [-0.2, 0) is 0 Å². The summed E-state index contributed by atoms with van der Waals surface area (Å²) in [6, 6.07) is 1.60. The van der Waals surface area contributed by atoms with Crippen LogP contribution in [0.1, 0.15) is 5.56 Å². The van der Waals surface area contributed by atoms with Crippen LogP contribution in [0.25, 0.3) is 0 Å². The van der Waals surface area contributed by atoms with Gasteiger partial charge in [-0.05, 0) is 24.6 Å². The van der Waals surface area contributed by atoms with Gasteiger partial charge in [0.2, 0.25) is 5.17 Å². The predicted octanol–water partition coefficient (Wildman–Crippen LogP) is 5.62. The quantitative estimate of drug-likeness (QED) is 0.390. The van der Waals surface area contributed by atoms with Gasteiger partial charge in [-0.2, -0.15) is 26.3 Å². The van der Waals surface area contributed by atoms with Gasteiger partial charge in [0.25, 0.3) is 0 Å². The molecular formula is C11H7ClF7NS. The number of alkyl halides is 6. The van der Waals surface area contributed by atoms with Crippen LogP contribution in [0.2, 0.25) is 0 Å². The van der Waals surface area contributed by atoms with E-state index >= 15 is 0 Å². The Morgan fingerprint density at radius 2 is 1.76 bits per heavy atom. The molecule has 0 unspecified atom stereocenters. The molecule has 1 rings (SSSR count). The minimum Gasteiger partial charge on any atom is -0.229 e. The van der Waals surface area contributed by atoms with Crippen LogP contribution in [0.4, 0.5) is 36.4 Å². The van der Waals surface area contributed by atoms with E-state index < -0.39 is 34.8 Å². The van der Waals surface area contributed by atoms with E-state index in [1.807, 2.05) is 0 Å². The van der Waals surface area contributed by atoms with Crippen molar-refractivity contribution in [2.45, 2.75) is 24.2 Å². The van der Waals surface area contributed by atoms with E-state index in [-0.39, 0.29) is 10.5 Å². The molecule has 0 aliphatic carbocycles. The predicted molar refractivity (Wildman–Crippen MR) is 66.9 cm³/mol. The van der Waals surface area contributed by atoms with Crippen molar-refractivity contribution in [3.05, 3.63) is 23.5 Å². The maximum atomic E-state index is 13.5. The van der Waals surface area contributed by atoms with Gasteiger partial charge in [0.05, 0.1) is 5.75 Å². The van der Waals surface area contributed by atoms with Gasteiger partial charge >= 0.3 is 12.4 Å². The Labute approximate surface area is 124 Å². The summed E-state index contributed by atoms with van der Waals surface area (Å²) in [7, 11) is 0. The first-order chi connectivity index (χ1) is 9.40. The first-order valence-electron chi connectivity index (χ1n) is 5.21. The summed E-state index contributed by atoms with van der Waals surface area (Å²) in [4.78, 5) is 2.83. The molecule has 0 bridgehead atoms. The van der Waals surface area contributed by atoms with Crippen LogP contribution in [0, 0.1) is 12.7 Å². The summed E-state index contributed by atoms with van der Waals surface area (Å²) >= 11 is 5.20. The van der Waals surface area contributed by atoms with Gasteiger partial charge in [-0.1, -0.05) is 11.6 Å². The molecule has 0 amide bonds. The van der Waals surface area contributed by atoms with Crippen LogP contribution in [0.5, 0.6) is 0 Å². The second kappa shape index (κ2) is 6.43. The van der Waals surface area contributed by atoms with E-state index in [1.54, 1.807) is 0 Å². The molecule has 0 aliphatic heterocycles. The fraction of sp³-hybridized carbons (Fsp3) is 0.364. The molecule has 10 heteroatoms. The Bertz CT molecular complexity index is 551. The van der Waals surface area contributed by atoms with Crippen molar-refractivity contribution in [3.63, 3.8) is 0 Å². The summed E-state index contributed by atoms with van der Waals surface area (Å²) in [6.07, 6.45) is -9.42. The molecule has 21 heavy (non-hydrogen) atoms. The van der Waals surface area contributed by atoms with E-state index in [2.05, 4.69) is 4.99 Å². The Morgan fingerprint density at radius 3 is 2.24 bits per heavy atom. The number of benzene rings is 1. The van der Waals surface area contributed by atoms with Crippen molar-refractivity contribution >= 4 is 34.2 Å². The molecule has 0 radical (unpaired) electrons. The number of aryl methyl sites for hydroxylation is 1. The number of hydrogen-bond acceptors (Lipinski definition) is 2. The first-order valence-corrected chi connectivity index (χ1v) is 6.57. The van der Waals surface area contributed by atoms with Crippen molar-refractivity contribution in [1.29, 1.82) is 0 Å². The fourth-order valence-corrected chi connectivity index (χ4v) is 2.10. The van der Waals surface area contributed by atoms with Gasteiger partial charge in [0, 0.05) is 4.90 Å². The summed E-state index contributed by atoms with van der Waals surface area (Å²) in [6.45, 7) is 1.33. The molecule has 0 aromatic heterocycles. The number of thioether (sulfide) groups is 1. The summed E-state index contributed by atoms with van der Waals surface area (Å²) in [5.74, 6) is -2.36. The monoisotopic (exact) mass is 353 g/mol. The van der Waals surface area contributed by atoms with Crippen molar-refractivity contribution < 1.29 is 30.7 Å². The van der Waals surface area contributed by atoms with Crippen molar-refractivity contribution in [3.8, 4) is 0 Å². The lowest BCUT2D eigenvalue weighted by Gasteiger charge is -2.10. The number of halogens is 8. The maximum Gasteiger partial charge on any atom is 0.444 e. The zero-order valence-corrected chi connectivity index (χ0v) is 11.8. The Hall–Kier alpha value is -0.960. The highest BCUT2D eigenvalue weighted by Crippen LogP contribution is 2.34. The topological polar surface area (TPSA) is 12.4 Å². The molecule has 0 fully saturated rings. The molecule has 0 aliphatic rings. The SMILES string of the molecule is Cc1cc(F)c(/N=C(\Cl)C(F)(F)F)cc1SCC(F)(F)F. The van der Waals surface area contributed by atoms with Crippen LogP contribution in [-0.4, -0.2) is 23.3 Å². The van der Waals surface area contributed by atoms with Crippen LogP contribution in [0.15, 0.2) is 22.0 Å². The smallest absolute Gasteiger partial charge is 0.229 e. The van der Waals surface area contributed by atoms with Gasteiger partial charge < -0.3 is 0 Å².